The number of hydrogen-bond donors (Lipinski definition) is 2. The summed E-state index contributed by atoms with van der Waals surface area (Å²) in [6, 6.07) is 13.7. The van der Waals surface area contributed by atoms with Crippen LogP contribution in [0.1, 0.15) is 80.9 Å². The first-order chi connectivity index (χ1) is 16.3. The van der Waals surface area contributed by atoms with Gasteiger partial charge in [-0.2, -0.15) is 0 Å². The summed E-state index contributed by atoms with van der Waals surface area (Å²) in [6.45, 7) is 9.83. The number of anilines is 1. The van der Waals surface area contributed by atoms with Gasteiger partial charge in [0, 0.05) is 18.3 Å². The van der Waals surface area contributed by atoms with Crippen molar-refractivity contribution in [2.45, 2.75) is 71.9 Å². The third-order valence-corrected chi connectivity index (χ3v) is 6.41. The summed E-state index contributed by atoms with van der Waals surface area (Å²) >= 11 is 0. The summed E-state index contributed by atoms with van der Waals surface area (Å²) in [7, 11) is 0. The van der Waals surface area contributed by atoms with E-state index in [1.807, 2.05) is 13.0 Å². The van der Waals surface area contributed by atoms with E-state index in [2.05, 4.69) is 49.2 Å². The summed E-state index contributed by atoms with van der Waals surface area (Å²) in [4.78, 5) is 27.1. The van der Waals surface area contributed by atoms with Gasteiger partial charge in [0.2, 0.25) is 5.91 Å². The fourth-order valence-corrected chi connectivity index (χ4v) is 4.79. The number of nitrogens with zero attached hydrogens (tertiary/aromatic N) is 1. The van der Waals surface area contributed by atoms with Crippen LogP contribution >= 0.6 is 0 Å². The first-order valence-corrected chi connectivity index (χ1v) is 12.4. The maximum Gasteiger partial charge on any atom is 0.339 e. The van der Waals surface area contributed by atoms with Gasteiger partial charge in [0.1, 0.15) is 11.3 Å². The predicted octanol–water partition coefficient (Wildman–Crippen LogP) is 5.61. The van der Waals surface area contributed by atoms with E-state index in [4.69, 9.17) is 4.74 Å². The summed E-state index contributed by atoms with van der Waals surface area (Å²) in [5.41, 5.74) is 3.21. The molecule has 1 aliphatic heterocycles. The van der Waals surface area contributed by atoms with Gasteiger partial charge >= 0.3 is 5.97 Å². The van der Waals surface area contributed by atoms with Crippen LogP contribution in [-0.4, -0.2) is 36.2 Å². The molecule has 0 unspecified atom stereocenters. The number of piperidine rings is 1. The predicted molar refractivity (Wildman–Crippen MR) is 136 cm³/mol. The van der Waals surface area contributed by atoms with Crippen LogP contribution in [0.3, 0.4) is 0 Å². The van der Waals surface area contributed by atoms with Crippen LogP contribution in [-0.2, 0) is 11.2 Å². The van der Waals surface area contributed by atoms with Crippen molar-refractivity contribution >= 4 is 17.6 Å². The number of para-hydroxylation sites is 1. The highest BCUT2D eigenvalue weighted by molar-refractivity contribution is 5.91. The van der Waals surface area contributed by atoms with Gasteiger partial charge in [-0.25, -0.2) is 4.79 Å². The summed E-state index contributed by atoms with van der Waals surface area (Å²) in [6.07, 6.45) is 4.64. The van der Waals surface area contributed by atoms with Crippen LogP contribution in [0.2, 0.25) is 0 Å². The quantitative estimate of drug-likeness (QED) is 0.476. The first-order valence-electron chi connectivity index (χ1n) is 12.4. The molecule has 0 spiro atoms. The molecule has 1 fully saturated rings. The smallest absolute Gasteiger partial charge is 0.339 e. The molecule has 2 atom stereocenters. The molecule has 0 bridgehead atoms. The van der Waals surface area contributed by atoms with Crippen molar-refractivity contribution < 1.29 is 19.4 Å². The molecule has 2 aromatic carbocycles. The molecule has 184 valence electrons. The van der Waals surface area contributed by atoms with E-state index >= 15 is 0 Å². The number of hydrogen-bond acceptors (Lipinski definition) is 4. The Bertz CT molecular complexity index is 988. The highest BCUT2D eigenvalue weighted by Gasteiger charge is 2.25. The molecule has 34 heavy (non-hydrogen) atoms. The number of benzene rings is 2. The third-order valence-electron chi connectivity index (χ3n) is 6.41. The Kier molecular flexibility index (Phi) is 8.97. The van der Waals surface area contributed by atoms with Crippen LogP contribution in [0, 0.1) is 5.92 Å². The molecule has 1 amide bonds. The van der Waals surface area contributed by atoms with Crippen molar-refractivity contribution in [1.82, 2.24) is 5.32 Å². The first kappa shape index (κ1) is 25.6. The van der Waals surface area contributed by atoms with Crippen LogP contribution < -0.4 is 15.0 Å². The number of carboxylic acid groups (broad SMARTS) is 1. The summed E-state index contributed by atoms with van der Waals surface area (Å²) in [5, 5.41) is 12.7. The molecule has 0 aromatic heterocycles. The second-order valence-corrected chi connectivity index (χ2v) is 9.59. The number of aromatic carboxylic acids is 1. The fourth-order valence-electron chi connectivity index (χ4n) is 4.79. The molecule has 0 aliphatic carbocycles. The van der Waals surface area contributed by atoms with Gasteiger partial charge in [-0.3, -0.25) is 4.79 Å². The largest absolute Gasteiger partial charge is 0.493 e. The topological polar surface area (TPSA) is 78.9 Å². The monoisotopic (exact) mass is 466 g/mol. The number of nitrogens with one attached hydrogen (secondary N) is 1. The van der Waals surface area contributed by atoms with Gasteiger partial charge < -0.3 is 20.1 Å². The lowest BCUT2D eigenvalue weighted by molar-refractivity contribution is -0.121. The highest BCUT2D eigenvalue weighted by atomic mass is 16.5. The van der Waals surface area contributed by atoms with Crippen molar-refractivity contribution in [3.8, 4) is 5.75 Å². The Balaban J connectivity index is 1.82. The molecule has 1 heterocycles. The van der Waals surface area contributed by atoms with Crippen LogP contribution in [0.25, 0.3) is 0 Å². The maximum absolute atomic E-state index is 13.1. The standard InChI is InChI=1S/C28H38N2O4/c1-5-34-26-17-21(13-14-23(26)28(32)33)18-27(31)29-24(16-19(2)3)22-11-6-7-12-25(22)30-15-9-8-10-20(30)4/h6-7,11-14,17,19-20,24H,5,8-10,15-16,18H2,1-4H3,(H,29,31)(H,32,33)/t20-,24+/m1/s1. The lowest BCUT2D eigenvalue weighted by Gasteiger charge is -2.38. The minimum Gasteiger partial charge on any atom is -0.493 e. The molecular weight excluding hydrogens is 428 g/mol. The Morgan fingerprint density at radius 1 is 1.18 bits per heavy atom. The zero-order valence-corrected chi connectivity index (χ0v) is 20.8. The van der Waals surface area contributed by atoms with Crippen LogP contribution in [0.5, 0.6) is 5.75 Å². The van der Waals surface area contributed by atoms with E-state index in [1.165, 1.54) is 31.0 Å². The summed E-state index contributed by atoms with van der Waals surface area (Å²) in [5.74, 6) is -0.419. The SMILES string of the molecule is CCOc1cc(CC(=O)N[C@@H](CC(C)C)c2ccccc2N2CCCC[C@H]2C)ccc1C(=O)O. The zero-order chi connectivity index (χ0) is 24.7. The number of carbonyl (C=O) groups is 2. The van der Waals surface area contributed by atoms with Gasteiger partial charge in [-0.15, -0.1) is 0 Å². The van der Waals surface area contributed by atoms with Crippen molar-refractivity contribution in [3.63, 3.8) is 0 Å². The molecule has 2 N–H and O–H groups in total. The van der Waals surface area contributed by atoms with Gasteiger partial charge in [-0.1, -0.05) is 38.1 Å². The van der Waals surface area contributed by atoms with Gasteiger partial charge in [0.25, 0.3) is 0 Å². The number of amides is 1. The molecule has 3 rings (SSSR count). The molecule has 6 heteroatoms. The highest BCUT2D eigenvalue weighted by Crippen LogP contribution is 2.34. The second kappa shape index (κ2) is 11.9. The Morgan fingerprint density at radius 3 is 2.62 bits per heavy atom. The van der Waals surface area contributed by atoms with Crippen molar-refractivity contribution in [1.29, 1.82) is 0 Å². The van der Waals surface area contributed by atoms with Gasteiger partial charge in [0.05, 0.1) is 19.1 Å². The minimum absolute atomic E-state index is 0.0855. The van der Waals surface area contributed by atoms with Crippen molar-refractivity contribution in [2.24, 2.45) is 5.92 Å². The fraction of sp³-hybridized carbons (Fsp3) is 0.500. The van der Waals surface area contributed by atoms with Crippen LogP contribution in [0.4, 0.5) is 5.69 Å². The normalized spacial score (nSPS) is 16.9. The Hall–Kier alpha value is -3.02. The minimum atomic E-state index is -1.04. The number of rotatable bonds is 10. The number of ether oxygens (including phenoxy) is 1. The number of carbonyl (C=O) groups excluding carboxylic acids is 1. The van der Waals surface area contributed by atoms with Crippen molar-refractivity contribution in [3.05, 3.63) is 59.2 Å². The second-order valence-electron chi connectivity index (χ2n) is 9.59. The van der Waals surface area contributed by atoms with E-state index in [1.54, 1.807) is 12.1 Å². The third kappa shape index (κ3) is 6.52. The van der Waals surface area contributed by atoms with Crippen LogP contribution in [0.15, 0.2) is 42.5 Å². The van der Waals surface area contributed by atoms with E-state index in [0.717, 1.165) is 24.1 Å². The Morgan fingerprint density at radius 2 is 1.94 bits per heavy atom. The molecular formula is C28H38N2O4. The zero-order valence-electron chi connectivity index (χ0n) is 20.8. The molecule has 0 radical (unpaired) electrons. The molecule has 0 saturated carbocycles. The van der Waals surface area contributed by atoms with Gasteiger partial charge in [0.15, 0.2) is 0 Å². The van der Waals surface area contributed by atoms with Crippen molar-refractivity contribution in [2.75, 3.05) is 18.1 Å². The molecule has 6 nitrogen and oxygen atoms in total. The number of carboxylic acids is 1. The van der Waals surface area contributed by atoms with Gasteiger partial charge in [-0.05, 0) is 74.8 Å². The molecule has 2 aromatic rings. The molecule has 1 aliphatic rings. The lowest BCUT2D eigenvalue weighted by Crippen LogP contribution is -2.39. The van der Waals surface area contributed by atoms with E-state index in [0.29, 0.717) is 24.3 Å². The maximum atomic E-state index is 13.1. The average Bonchev–Trinajstić information content (AvgIpc) is 2.79. The van der Waals surface area contributed by atoms with E-state index in [9.17, 15) is 14.7 Å². The van der Waals surface area contributed by atoms with E-state index < -0.39 is 5.97 Å². The molecule has 1 saturated heterocycles. The lowest BCUT2D eigenvalue weighted by atomic mass is 9.93. The van der Waals surface area contributed by atoms with E-state index in [-0.39, 0.29) is 23.9 Å². The average molecular weight is 467 g/mol. The Labute approximate surface area is 203 Å². The summed E-state index contributed by atoms with van der Waals surface area (Å²) < 4.78 is 5.50.